The predicted molar refractivity (Wildman–Crippen MR) is 86.9 cm³/mol. The van der Waals surface area contributed by atoms with E-state index in [1.807, 2.05) is 0 Å². The molecule has 1 saturated heterocycles. The van der Waals surface area contributed by atoms with Gasteiger partial charge < -0.3 is 9.88 Å². The van der Waals surface area contributed by atoms with E-state index < -0.39 is 0 Å². The van der Waals surface area contributed by atoms with E-state index in [0.29, 0.717) is 5.92 Å². The maximum absolute atomic E-state index is 4.82. The molecule has 3 nitrogen and oxygen atoms in total. The Morgan fingerprint density at radius 3 is 3.10 bits per heavy atom. The first-order valence-corrected chi connectivity index (χ1v) is 8.26. The van der Waals surface area contributed by atoms with Gasteiger partial charge in [-0.15, -0.1) is 0 Å². The molecule has 3 rings (SSSR count). The molecule has 4 heteroatoms. The van der Waals surface area contributed by atoms with Gasteiger partial charge in [0.2, 0.25) is 0 Å². The van der Waals surface area contributed by atoms with Crippen LogP contribution >= 0.6 is 15.9 Å². The van der Waals surface area contributed by atoms with Gasteiger partial charge in [-0.2, -0.15) is 0 Å². The van der Waals surface area contributed by atoms with Gasteiger partial charge in [-0.1, -0.05) is 22.9 Å². The minimum atomic E-state index is 0.682. The fraction of sp³-hybridized carbons (Fsp3) is 0.562. The van der Waals surface area contributed by atoms with Crippen LogP contribution in [-0.2, 0) is 13.5 Å². The van der Waals surface area contributed by atoms with Gasteiger partial charge in [-0.3, -0.25) is 0 Å². The Balaban J connectivity index is 1.81. The molecule has 2 unspecified atom stereocenters. The number of rotatable bonds is 3. The molecule has 1 aliphatic heterocycles. The predicted octanol–water partition coefficient (Wildman–Crippen LogP) is 3.51. The molecule has 0 saturated carbocycles. The Labute approximate surface area is 128 Å². The van der Waals surface area contributed by atoms with Crippen LogP contribution in [0, 0.1) is 11.8 Å². The smallest absolute Gasteiger partial charge is 0.109 e. The highest BCUT2D eigenvalue weighted by molar-refractivity contribution is 9.10. The third-order valence-corrected chi connectivity index (χ3v) is 5.07. The highest BCUT2D eigenvalue weighted by atomic mass is 79.9. The zero-order chi connectivity index (χ0) is 14.1. The van der Waals surface area contributed by atoms with Crippen molar-refractivity contribution in [3.8, 4) is 0 Å². The summed E-state index contributed by atoms with van der Waals surface area (Å²) in [6.45, 7) is 4.72. The van der Waals surface area contributed by atoms with E-state index in [2.05, 4.69) is 58.0 Å². The SMILES string of the molecule is CC(Cc1nc2cc(Br)ccc2n1C)C1CCCNC1. The van der Waals surface area contributed by atoms with Crippen LogP contribution in [0.3, 0.4) is 0 Å². The summed E-state index contributed by atoms with van der Waals surface area (Å²) >= 11 is 3.52. The second-order valence-corrected chi connectivity index (χ2v) is 6.92. The molecule has 2 aromatic rings. The van der Waals surface area contributed by atoms with Crippen LogP contribution in [0.25, 0.3) is 11.0 Å². The molecule has 2 heterocycles. The van der Waals surface area contributed by atoms with Crippen molar-refractivity contribution in [1.82, 2.24) is 14.9 Å². The molecule has 1 N–H and O–H groups in total. The Kier molecular flexibility index (Phi) is 4.13. The number of aromatic nitrogens is 2. The number of nitrogens with zero attached hydrogens (tertiary/aromatic N) is 2. The van der Waals surface area contributed by atoms with Crippen LogP contribution in [-0.4, -0.2) is 22.6 Å². The fourth-order valence-corrected chi connectivity index (χ4v) is 3.57. The van der Waals surface area contributed by atoms with Gasteiger partial charge in [0.15, 0.2) is 0 Å². The number of hydrogen-bond donors (Lipinski definition) is 1. The normalized spacial score (nSPS) is 21.2. The molecule has 0 aliphatic carbocycles. The van der Waals surface area contributed by atoms with Crippen LogP contribution in [0.15, 0.2) is 22.7 Å². The Morgan fingerprint density at radius 2 is 2.35 bits per heavy atom. The Morgan fingerprint density at radius 1 is 1.50 bits per heavy atom. The molecular formula is C16H22BrN3. The van der Waals surface area contributed by atoms with E-state index in [1.54, 1.807) is 0 Å². The Hall–Kier alpha value is -0.870. The van der Waals surface area contributed by atoms with E-state index in [9.17, 15) is 0 Å². The minimum absolute atomic E-state index is 0.682. The van der Waals surface area contributed by atoms with Crippen LogP contribution in [0.5, 0.6) is 0 Å². The molecular weight excluding hydrogens is 314 g/mol. The standard InChI is InChI=1S/C16H22BrN3/c1-11(12-4-3-7-18-10-12)8-16-19-14-9-13(17)5-6-15(14)20(16)2/h5-6,9,11-12,18H,3-4,7-8,10H2,1-2H3. The van der Waals surface area contributed by atoms with Gasteiger partial charge in [0.05, 0.1) is 11.0 Å². The highest BCUT2D eigenvalue weighted by Gasteiger charge is 2.21. The van der Waals surface area contributed by atoms with Crippen molar-refractivity contribution >= 4 is 27.0 Å². The number of fused-ring (bicyclic) bond motifs is 1. The first kappa shape index (κ1) is 14.1. The monoisotopic (exact) mass is 335 g/mol. The topological polar surface area (TPSA) is 29.9 Å². The summed E-state index contributed by atoms with van der Waals surface area (Å²) in [5, 5.41) is 3.52. The summed E-state index contributed by atoms with van der Waals surface area (Å²) < 4.78 is 3.34. The average Bonchev–Trinajstić information content (AvgIpc) is 2.75. The van der Waals surface area contributed by atoms with Crippen LogP contribution in [0.4, 0.5) is 0 Å². The van der Waals surface area contributed by atoms with Crippen LogP contribution in [0.1, 0.15) is 25.6 Å². The van der Waals surface area contributed by atoms with Crippen molar-refractivity contribution < 1.29 is 0 Å². The summed E-state index contributed by atoms with van der Waals surface area (Å²) in [5.74, 6) is 2.67. The molecule has 0 bridgehead atoms. The average molecular weight is 336 g/mol. The molecule has 20 heavy (non-hydrogen) atoms. The number of aryl methyl sites for hydroxylation is 1. The zero-order valence-corrected chi connectivity index (χ0v) is 13.8. The minimum Gasteiger partial charge on any atom is -0.331 e. The number of benzene rings is 1. The number of nitrogens with one attached hydrogen (secondary N) is 1. The molecule has 1 aromatic carbocycles. The third kappa shape index (κ3) is 2.77. The quantitative estimate of drug-likeness (QED) is 0.930. The maximum atomic E-state index is 4.82. The molecule has 1 fully saturated rings. The molecule has 2 atom stereocenters. The number of imidazole rings is 1. The first-order valence-electron chi connectivity index (χ1n) is 7.46. The van der Waals surface area contributed by atoms with Gasteiger partial charge in [0, 0.05) is 17.9 Å². The molecule has 0 radical (unpaired) electrons. The molecule has 0 spiro atoms. The highest BCUT2D eigenvalue weighted by Crippen LogP contribution is 2.25. The molecule has 1 aromatic heterocycles. The van der Waals surface area contributed by atoms with E-state index in [0.717, 1.165) is 28.9 Å². The van der Waals surface area contributed by atoms with Crippen molar-refractivity contribution in [2.45, 2.75) is 26.2 Å². The van der Waals surface area contributed by atoms with Gasteiger partial charge in [-0.05, 0) is 56.0 Å². The summed E-state index contributed by atoms with van der Waals surface area (Å²) in [7, 11) is 2.13. The van der Waals surface area contributed by atoms with E-state index in [1.165, 1.54) is 30.7 Å². The number of hydrogen-bond acceptors (Lipinski definition) is 2. The summed E-state index contributed by atoms with van der Waals surface area (Å²) in [6.07, 6.45) is 3.73. The summed E-state index contributed by atoms with van der Waals surface area (Å²) in [5.41, 5.74) is 2.31. The van der Waals surface area contributed by atoms with Crippen LogP contribution < -0.4 is 5.32 Å². The summed E-state index contributed by atoms with van der Waals surface area (Å²) in [4.78, 5) is 4.82. The second-order valence-electron chi connectivity index (χ2n) is 6.01. The third-order valence-electron chi connectivity index (χ3n) is 4.58. The van der Waals surface area contributed by atoms with Gasteiger partial charge in [0.1, 0.15) is 5.82 Å². The second kappa shape index (κ2) is 5.86. The zero-order valence-electron chi connectivity index (χ0n) is 12.2. The summed E-state index contributed by atoms with van der Waals surface area (Å²) in [6, 6.07) is 6.33. The van der Waals surface area contributed by atoms with Crippen molar-refractivity contribution in [3.05, 3.63) is 28.5 Å². The van der Waals surface area contributed by atoms with Gasteiger partial charge >= 0.3 is 0 Å². The molecule has 108 valence electrons. The lowest BCUT2D eigenvalue weighted by molar-refractivity contribution is 0.275. The lowest BCUT2D eigenvalue weighted by Crippen LogP contribution is -2.34. The lowest BCUT2D eigenvalue weighted by Gasteiger charge is -2.28. The first-order chi connectivity index (χ1) is 9.65. The van der Waals surface area contributed by atoms with Crippen molar-refractivity contribution in [1.29, 1.82) is 0 Å². The fourth-order valence-electron chi connectivity index (χ4n) is 3.22. The van der Waals surface area contributed by atoms with Gasteiger partial charge in [-0.25, -0.2) is 4.98 Å². The van der Waals surface area contributed by atoms with Crippen LogP contribution in [0.2, 0.25) is 0 Å². The van der Waals surface area contributed by atoms with Crippen molar-refractivity contribution in [2.24, 2.45) is 18.9 Å². The molecule has 1 aliphatic rings. The van der Waals surface area contributed by atoms with Crippen molar-refractivity contribution in [3.63, 3.8) is 0 Å². The number of halogens is 1. The van der Waals surface area contributed by atoms with Gasteiger partial charge in [0.25, 0.3) is 0 Å². The molecule has 0 amide bonds. The van der Waals surface area contributed by atoms with E-state index >= 15 is 0 Å². The lowest BCUT2D eigenvalue weighted by atomic mass is 9.85. The largest absolute Gasteiger partial charge is 0.331 e. The number of piperidine rings is 1. The van der Waals surface area contributed by atoms with Crippen molar-refractivity contribution in [2.75, 3.05) is 13.1 Å². The maximum Gasteiger partial charge on any atom is 0.109 e. The van der Waals surface area contributed by atoms with E-state index in [-0.39, 0.29) is 0 Å². The van der Waals surface area contributed by atoms with E-state index in [4.69, 9.17) is 4.98 Å². The Bertz CT molecular complexity index is 599.